The van der Waals surface area contributed by atoms with Crippen LogP contribution in [0.15, 0.2) is 59.0 Å². The monoisotopic (exact) mass is 279 g/mol. The first-order chi connectivity index (χ1) is 10.3. The Kier molecular flexibility index (Phi) is 3.79. The van der Waals surface area contributed by atoms with Crippen molar-refractivity contribution in [2.45, 2.75) is 13.0 Å². The topological polar surface area (TPSA) is 51.0 Å². The maximum Gasteiger partial charge on any atom is 0.247 e. The van der Waals surface area contributed by atoms with Crippen LogP contribution in [0.5, 0.6) is 0 Å². The molecule has 0 aliphatic heterocycles. The van der Waals surface area contributed by atoms with E-state index in [0.717, 1.165) is 11.1 Å². The molecule has 1 unspecified atom stereocenters. The lowest BCUT2D eigenvalue weighted by Crippen LogP contribution is -2.17. The Morgan fingerprint density at radius 1 is 0.952 bits per heavy atom. The number of rotatable bonds is 4. The van der Waals surface area contributed by atoms with E-state index < -0.39 is 0 Å². The van der Waals surface area contributed by atoms with Gasteiger partial charge in [0.25, 0.3) is 0 Å². The fourth-order valence-corrected chi connectivity index (χ4v) is 2.24. The van der Waals surface area contributed by atoms with Crippen LogP contribution in [-0.2, 0) is 0 Å². The third kappa shape index (κ3) is 2.85. The van der Waals surface area contributed by atoms with Crippen molar-refractivity contribution in [2.24, 2.45) is 0 Å². The molecule has 2 aromatic carbocycles. The molecular formula is C17H17N3O. The molecule has 0 bridgehead atoms. The SMILES string of the molecule is CNC(c1ccccc1)c1nnc(-c2ccc(C)cc2)o1. The minimum absolute atomic E-state index is 0.0992. The first-order valence-corrected chi connectivity index (χ1v) is 6.90. The Labute approximate surface area is 123 Å². The van der Waals surface area contributed by atoms with Crippen LogP contribution in [-0.4, -0.2) is 17.2 Å². The van der Waals surface area contributed by atoms with E-state index in [0.29, 0.717) is 11.8 Å². The second-order valence-electron chi connectivity index (χ2n) is 4.94. The standard InChI is InChI=1S/C17H17N3O/c1-12-8-10-14(11-9-12)16-19-20-17(21-16)15(18-2)13-6-4-3-5-7-13/h3-11,15,18H,1-2H3. The first-order valence-electron chi connectivity index (χ1n) is 6.90. The molecule has 0 spiro atoms. The molecule has 1 atom stereocenters. The van der Waals surface area contributed by atoms with Crippen LogP contribution in [0, 0.1) is 6.92 Å². The van der Waals surface area contributed by atoms with E-state index in [-0.39, 0.29) is 6.04 Å². The van der Waals surface area contributed by atoms with Crippen LogP contribution in [0.2, 0.25) is 0 Å². The summed E-state index contributed by atoms with van der Waals surface area (Å²) in [5.41, 5.74) is 3.23. The molecule has 0 amide bonds. The zero-order valence-corrected chi connectivity index (χ0v) is 12.1. The van der Waals surface area contributed by atoms with Crippen LogP contribution in [0.4, 0.5) is 0 Å². The van der Waals surface area contributed by atoms with Crippen molar-refractivity contribution in [3.63, 3.8) is 0 Å². The zero-order valence-electron chi connectivity index (χ0n) is 12.1. The second kappa shape index (κ2) is 5.89. The normalized spacial score (nSPS) is 12.3. The molecule has 0 aliphatic rings. The van der Waals surface area contributed by atoms with Gasteiger partial charge in [-0.05, 0) is 31.7 Å². The number of aryl methyl sites for hydroxylation is 1. The summed E-state index contributed by atoms with van der Waals surface area (Å²) in [7, 11) is 1.88. The average Bonchev–Trinajstić information content (AvgIpc) is 2.99. The minimum atomic E-state index is -0.0992. The number of aromatic nitrogens is 2. The lowest BCUT2D eigenvalue weighted by atomic mass is 10.1. The quantitative estimate of drug-likeness (QED) is 0.795. The van der Waals surface area contributed by atoms with Crippen molar-refractivity contribution in [1.29, 1.82) is 0 Å². The van der Waals surface area contributed by atoms with Crippen molar-refractivity contribution in [1.82, 2.24) is 15.5 Å². The highest BCUT2D eigenvalue weighted by atomic mass is 16.4. The van der Waals surface area contributed by atoms with Crippen molar-refractivity contribution in [3.8, 4) is 11.5 Å². The third-order valence-electron chi connectivity index (χ3n) is 3.41. The number of benzene rings is 2. The van der Waals surface area contributed by atoms with E-state index in [1.807, 2.05) is 61.6 Å². The Bertz CT molecular complexity index is 704. The molecule has 21 heavy (non-hydrogen) atoms. The molecule has 0 saturated carbocycles. The molecule has 4 heteroatoms. The fourth-order valence-electron chi connectivity index (χ4n) is 2.24. The van der Waals surface area contributed by atoms with Gasteiger partial charge >= 0.3 is 0 Å². The maximum absolute atomic E-state index is 5.83. The van der Waals surface area contributed by atoms with Crippen molar-refractivity contribution < 1.29 is 4.42 Å². The highest BCUT2D eigenvalue weighted by Crippen LogP contribution is 2.24. The lowest BCUT2D eigenvalue weighted by molar-refractivity contribution is 0.456. The summed E-state index contributed by atoms with van der Waals surface area (Å²) < 4.78 is 5.83. The lowest BCUT2D eigenvalue weighted by Gasteiger charge is -2.11. The van der Waals surface area contributed by atoms with E-state index in [2.05, 4.69) is 22.4 Å². The van der Waals surface area contributed by atoms with E-state index in [1.54, 1.807) is 0 Å². The fraction of sp³-hybridized carbons (Fsp3) is 0.176. The Morgan fingerprint density at radius 2 is 1.67 bits per heavy atom. The van der Waals surface area contributed by atoms with E-state index in [1.165, 1.54) is 5.56 Å². The highest BCUT2D eigenvalue weighted by molar-refractivity contribution is 5.53. The molecule has 0 fully saturated rings. The molecule has 1 aromatic heterocycles. The average molecular weight is 279 g/mol. The summed E-state index contributed by atoms with van der Waals surface area (Å²) in [6, 6.07) is 18.0. The summed E-state index contributed by atoms with van der Waals surface area (Å²) in [5.74, 6) is 1.11. The molecule has 1 N–H and O–H groups in total. The van der Waals surface area contributed by atoms with E-state index in [9.17, 15) is 0 Å². The summed E-state index contributed by atoms with van der Waals surface area (Å²) in [6.07, 6.45) is 0. The molecule has 1 heterocycles. The summed E-state index contributed by atoms with van der Waals surface area (Å²) in [4.78, 5) is 0. The smallest absolute Gasteiger partial charge is 0.247 e. The van der Waals surface area contributed by atoms with Crippen LogP contribution in [0.1, 0.15) is 23.1 Å². The van der Waals surface area contributed by atoms with Crippen LogP contribution < -0.4 is 5.32 Å². The largest absolute Gasteiger partial charge is 0.419 e. The summed E-state index contributed by atoms with van der Waals surface area (Å²) in [6.45, 7) is 2.05. The van der Waals surface area contributed by atoms with Crippen LogP contribution >= 0.6 is 0 Å². The molecule has 0 aliphatic carbocycles. The van der Waals surface area contributed by atoms with Gasteiger partial charge in [-0.2, -0.15) is 0 Å². The van der Waals surface area contributed by atoms with Gasteiger partial charge in [0.2, 0.25) is 11.8 Å². The van der Waals surface area contributed by atoms with Gasteiger partial charge in [0, 0.05) is 5.56 Å². The Morgan fingerprint density at radius 3 is 2.33 bits per heavy atom. The number of nitrogens with one attached hydrogen (secondary N) is 1. The Hall–Kier alpha value is -2.46. The maximum atomic E-state index is 5.83. The Balaban J connectivity index is 1.92. The van der Waals surface area contributed by atoms with Crippen molar-refractivity contribution >= 4 is 0 Å². The second-order valence-corrected chi connectivity index (χ2v) is 4.94. The van der Waals surface area contributed by atoms with E-state index >= 15 is 0 Å². The van der Waals surface area contributed by atoms with Crippen LogP contribution in [0.25, 0.3) is 11.5 Å². The van der Waals surface area contributed by atoms with E-state index in [4.69, 9.17) is 4.42 Å². The van der Waals surface area contributed by atoms with Gasteiger partial charge in [0.05, 0.1) is 0 Å². The van der Waals surface area contributed by atoms with Gasteiger partial charge in [-0.25, -0.2) is 0 Å². The van der Waals surface area contributed by atoms with Crippen molar-refractivity contribution in [3.05, 3.63) is 71.6 Å². The van der Waals surface area contributed by atoms with Gasteiger partial charge in [-0.1, -0.05) is 48.0 Å². The molecule has 0 radical (unpaired) electrons. The van der Waals surface area contributed by atoms with Gasteiger partial charge in [0.1, 0.15) is 6.04 Å². The summed E-state index contributed by atoms with van der Waals surface area (Å²) in [5, 5.41) is 11.5. The molecule has 3 rings (SSSR count). The number of nitrogens with zero attached hydrogens (tertiary/aromatic N) is 2. The number of hydrogen-bond donors (Lipinski definition) is 1. The van der Waals surface area contributed by atoms with Gasteiger partial charge < -0.3 is 9.73 Å². The molecule has 4 nitrogen and oxygen atoms in total. The zero-order chi connectivity index (χ0) is 14.7. The molecule has 3 aromatic rings. The third-order valence-corrected chi connectivity index (χ3v) is 3.41. The first kappa shape index (κ1) is 13.5. The molecule has 106 valence electrons. The van der Waals surface area contributed by atoms with Gasteiger partial charge in [-0.15, -0.1) is 10.2 Å². The van der Waals surface area contributed by atoms with Gasteiger partial charge in [-0.3, -0.25) is 0 Å². The van der Waals surface area contributed by atoms with Crippen molar-refractivity contribution in [2.75, 3.05) is 7.05 Å². The highest BCUT2D eigenvalue weighted by Gasteiger charge is 2.19. The van der Waals surface area contributed by atoms with Gasteiger partial charge in [0.15, 0.2) is 0 Å². The predicted octanol–water partition coefficient (Wildman–Crippen LogP) is 3.35. The van der Waals surface area contributed by atoms with Crippen LogP contribution in [0.3, 0.4) is 0 Å². The summed E-state index contributed by atoms with van der Waals surface area (Å²) >= 11 is 0. The molecule has 0 saturated heterocycles. The molecular weight excluding hydrogens is 262 g/mol. The number of hydrogen-bond acceptors (Lipinski definition) is 4. The predicted molar refractivity (Wildman–Crippen MR) is 81.8 cm³/mol. The minimum Gasteiger partial charge on any atom is -0.419 e.